The maximum atomic E-state index is 12.3. The highest BCUT2D eigenvalue weighted by Crippen LogP contribution is 2.37. The third-order valence-electron chi connectivity index (χ3n) is 5.60. The number of fused-ring (bicyclic) bond motifs is 1. The number of aromatic amines is 1. The Hall–Kier alpha value is -2.01. The van der Waals surface area contributed by atoms with Crippen LogP contribution in [0.25, 0.3) is 10.9 Å². The summed E-state index contributed by atoms with van der Waals surface area (Å²) in [5.74, 6) is 1.42. The molecule has 1 aliphatic heterocycles. The van der Waals surface area contributed by atoms with Gasteiger partial charge in [0.25, 0.3) is 0 Å². The molecule has 5 heteroatoms. The zero-order valence-corrected chi connectivity index (χ0v) is 14.7. The van der Waals surface area contributed by atoms with E-state index in [-0.39, 0.29) is 18.1 Å². The second-order valence-electron chi connectivity index (χ2n) is 7.23. The first-order valence-electron chi connectivity index (χ1n) is 9.31. The molecule has 1 aliphatic carbocycles. The lowest BCUT2D eigenvalue weighted by molar-refractivity contribution is -0.131. The van der Waals surface area contributed by atoms with E-state index in [0.29, 0.717) is 12.5 Å². The van der Waals surface area contributed by atoms with Crippen LogP contribution in [-0.2, 0) is 9.53 Å². The van der Waals surface area contributed by atoms with E-state index < -0.39 is 0 Å². The summed E-state index contributed by atoms with van der Waals surface area (Å²) in [5.41, 5.74) is 2.48. The molecule has 1 saturated carbocycles. The van der Waals surface area contributed by atoms with E-state index in [1.165, 1.54) is 10.9 Å². The van der Waals surface area contributed by atoms with E-state index in [9.17, 15) is 4.79 Å². The second kappa shape index (κ2) is 7.08. The van der Waals surface area contributed by atoms with Crippen molar-refractivity contribution in [2.75, 3.05) is 13.7 Å². The van der Waals surface area contributed by atoms with Gasteiger partial charge in [0.15, 0.2) is 0 Å². The van der Waals surface area contributed by atoms with Crippen LogP contribution in [0.5, 0.6) is 5.75 Å². The average Bonchev–Trinajstić information content (AvgIpc) is 3.31. The summed E-state index contributed by atoms with van der Waals surface area (Å²) in [5, 5.41) is 4.46. The molecule has 1 saturated heterocycles. The first-order chi connectivity index (χ1) is 12.2. The van der Waals surface area contributed by atoms with Gasteiger partial charge in [0, 0.05) is 29.7 Å². The van der Waals surface area contributed by atoms with Crippen LogP contribution in [0.3, 0.4) is 0 Å². The number of carbonyl (C=O) groups is 1. The fourth-order valence-corrected chi connectivity index (χ4v) is 4.27. The standard InChI is InChI=1S/C20H26N2O3/c1-24-15-7-8-18-16(11-15)17(12-21-18)13-4-2-5-14(10-13)22-20(23)19-6-3-9-25-19/h7-8,11-14,19,21H,2-6,9-10H2,1H3,(H,22,23)/t13-,14+,19-/m0/s1. The van der Waals surface area contributed by atoms with E-state index >= 15 is 0 Å². The summed E-state index contributed by atoms with van der Waals surface area (Å²) in [6, 6.07) is 6.40. The van der Waals surface area contributed by atoms with Gasteiger partial charge in [0.1, 0.15) is 11.9 Å². The van der Waals surface area contributed by atoms with Crippen LogP contribution < -0.4 is 10.1 Å². The van der Waals surface area contributed by atoms with E-state index in [2.05, 4.69) is 28.6 Å². The molecule has 2 heterocycles. The molecular weight excluding hydrogens is 316 g/mol. The molecule has 0 bridgehead atoms. The number of ether oxygens (including phenoxy) is 2. The molecule has 2 aliphatic rings. The van der Waals surface area contributed by atoms with Crippen molar-refractivity contribution in [3.05, 3.63) is 30.0 Å². The van der Waals surface area contributed by atoms with E-state index in [4.69, 9.17) is 9.47 Å². The van der Waals surface area contributed by atoms with E-state index in [1.807, 2.05) is 6.07 Å². The van der Waals surface area contributed by atoms with E-state index in [1.54, 1.807) is 7.11 Å². The molecule has 1 amide bonds. The van der Waals surface area contributed by atoms with Crippen LogP contribution in [0, 0.1) is 0 Å². The van der Waals surface area contributed by atoms with Crippen molar-refractivity contribution in [1.82, 2.24) is 10.3 Å². The van der Waals surface area contributed by atoms with Crippen LogP contribution in [0.4, 0.5) is 0 Å². The zero-order valence-electron chi connectivity index (χ0n) is 14.7. The molecular formula is C20H26N2O3. The minimum absolute atomic E-state index is 0.0729. The number of H-pyrrole nitrogens is 1. The average molecular weight is 342 g/mol. The molecule has 25 heavy (non-hydrogen) atoms. The van der Waals surface area contributed by atoms with Crippen molar-refractivity contribution in [2.45, 2.75) is 56.6 Å². The predicted molar refractivity (Wildman–Crippen MR) is 97.0 cm³/mol. The lowest BCUT2D eigenvalue weighted by atomic mass is 9.81. The highest BCUT2D eigenvalue weighted by atomic mass is 16.5. The lowest BCUT2D eigenvalue weighted by Gasteiger charge is -2.30. The Morgan fingerprint density at radius 3 is 3.00 bits per heavy atom. The third kappa shape index (κ3) is 3.38. The monoisotopic (exact) mass is 342 g/mol. The van der Waals surface area contributed by atoms with Crippen LogP contribution in [0.2, 0.25) is 0 Å². The highest BCUT2D eigenvalue weighted by molar-refractivity contribution is 5.85. The summed E-state index contributed by atoms with van der Waals surface area (Å²) < 4.78 is 10.9. The molecule has 2 fully saturated rings. The second-order valence-corrected chi connectivity index (χ2v) is 7.23. The van der Waals surface area contributed by atoms with Crippen LogP contribution in [-0.4, -0.2) is 36.8 Å². The van der Waals surface area contributed by atoms with Gasteiger partial charge >= 0.3 is 0 Å². The zero-order chi connectivity index (χ0) is 17.2. The number of amides is 1. The Balaban J connectivity index is 1.48. The van der Waals surface area contributed by atoms with Gasteiger partial charge in [-0.3, -0.25) is 4.79 Å². The normalized spacial score (nSPS) is 26.7. The minimum Gasteiger partial charge on any atom is -0.497 e. The Labute approximate surface area is 148 Å². The van der Waals surface area contributed by atoms with Gasteiger partial charge in [0.05, 0.1) is 7.11 Å². The number of nitrogens with one attached hydrogen (secondary N) is 2. The Bertz CT molecular complexity index is 748. The molecule has 2 N–H and O–H groups in total. The fraction of sp³-hybridized carbons (Fsp3) is 0.550. The maximum absolute atomic E-state index is 12.3. The van der Waals surface area contributed by atoms with Crippen molar-refractivity contribution in [2.24, 2.45) is 0 Å². The molecule has 5 nitrogen and oxygen atoms in total. The van der Waals surface area contributed by atoms with Gasteiger partial charge in [0.2, 0.25) is 5.91 Å². The van der Waals surface area contributed by atoms with Gasteiger partial charge in [-0.2, -0.15) is 0 Å². The summed E-state index contributed by atoms with van der Waals surface area (Å²) in [6.45, 7) is 0.711. The van der Waals surface area contributed by atoms with Gasteiger partial charge in [-0.25, -0.2) is 0 Å². The van der Waals surface area contributed by atoms with Gasteiger partial charge in [-0.15, -0.1) is 0 Å². The molecule has 2 aromatic rings. The topological polar surface area (TPSA) is 63.3 Å². The Morgan fingerprint density at radius 2 is 2.20 bits per heavy atom. The van der Waals surface area contributed by atoms with E-state index in [0.717, 1.165) is 49.8 Å². The summed E-state index contributed by atoms with van der Waals surface area (Å²) >= 11 is 0. The molecule has 0 radical (unpaired) electrons. The van der Waals surface area contributed by atoms with Crippen LogP contribution >= 0.6 is 0 Å². The number of rotatable bonds is 4. The lowest BCUT2D eigenvalue weighted by Crippen LogP contribution is -2.43. The van der Waals surface area contributed by atoms with Crippen LogP contribution in [0.1, 0.15) is 50.0 Å². The van der Waals surface area contributed by atoms with Gasteiger partial charge < -0.3 is 19.8 Å². The largest absolute Gasteiger partial charge is 0.497 e. The van der Waals surface area contributed by atoms with Crippen LogP contribution in [0.15, 0.2) is 24.4 Å². The molecule has 4 rings (SSSR count). The van der Waals surface area contributed by atoms with Crippen molar-refractivity contribution in [3.63, 3.8) is 0 Å². The molecule has 1 aromatic heterocycles. The smallest absolute Gasteiger partial charge is 0.249 e. The fourth-order valence-electron chi connectivity index (χ4n) is 4.27. The molecule has 3 atom stereocenters. The number of hydrogen-bond acceptors (Lipinski definition) is 3. The number of hydrogen-bond donors (Lipinski definition) is 2. The highest BCUT2D eigenvalue weighted by Gasteiger charge is 2.29. The number of carbonyl (C=O) groups excluding carboxylic acids is 1. The van der Waals surface area contributed by atoms with Crippen molar-refractivity contribution >= 4 is 16.8 Å². The summed E-state index contributed by atoms with van der Waals surface area (Å²) in [7, 11) is 1.70. The molecule has 0 spiro atoms. The van der Waals surface area contributed by atoms with Gasteiger partial charge in [-0.1, -0.05) is 6.42 Å². The first-order valence-corrected chi connectivity index (χ1v) is 9.31. The summed E-state index contributed by atoms with van der Waals surface area (Å²) in [6.07, 6.45) is 8.07. The Kier molecular flexibility index (Phi) is 4.66. The number of benzene rings is 1. The molecule has 0 unspecified atom stereocenters. The number of methoxy groups -OCH3 is 1. The molecule has 134 valence electrons. The molecule has 1 aromatic carbocycles. The minimum atomic E-state index is -0.238. The first kappa shape index (κ1) is 16.5. The predicted octanol–water partition coefficient (Wildman–Crippen LogP) is 3.50. The van der Waals surface area contributed by atoms with Crippen molar-refractivity contribution in [1.29, 1.82) is 0 Å². The Morgan fingerprint density at radius 1 is 1.28 bits per heavy atom. The quantitative estimate of drug-likeness (QED) is 0.894. The number of aromatic nitrogens is 1. The van der Waals surface area contributed by atoms with Crippen molar-refractivity contribution in [3.8, 4) is 5.75 Å². The maximum Gasteiger partial charge on any atom is 0.249 e. The SMILES string of the molecule is COc1ccc2[nH]cc([C@H]3CCC[C@@H](NC(=O)[C@@H]4CCCO4)C3)c2c1. The van der Waals surface area contributed by atoms with Crippen molar-refractivity contribution < 1.29 is 14.3 Å². The van der Waals surface area contributed by atoms with Gasteiger partial charge in [-0.05, 0) is 61.8 Å². The summed E-state index contributed by atoms with van der Waals surface area (Å²) in [4.78, 5) is 15.7. The third-order valence-corrected chi connectivity index (χ3v) is 5.60.